The van der Waals surface area contributed by atoms with E-state index in [4.69, 9.17) is 10.5 Å². The summed E-state index contributed by atoms with van der Waals surface area (Å²) >= 11 is 0. The summed E-state index contributed by atoms with van der Waals surface area (Å²) in [5.74, 6) is 0. The van der Waals surface area contributed by atoms with Crippen LogP contribution in [0.5, 0.6) is 0 Å². The molecule has 0 aromatic heterocycles. The van der Waals surface area contributed by atoms with Crippen LogP contribution < -0.4 is 5.73 Å². The molecule has 0 aromatic rings. The second-order valence-corrected chi connectivity index (χ2v) is 3.27. The van der Waals surface area contributed by atoms with E-state index in [0.29, 0.717) is 6.67 Å². The molecule has 1 aliphatic carbocycles. The number of nitrogens with two attached hydrogens (primary N) is 1. The number of ether oxygens (including phenoxy) is 1. The van der Waals surface area contributed by atoms with E-state index < -0.39 is 0 Å². The molecular formula is C7H14N2O. The van der Waals surface area contributed by atoms with E-state index in [-0.39, 0.29) is 5.60 Å². The monoisotopic (exact) mass is 142 g/mol. The van der Waals surface area contributed by atoms with E-state index in [1.807, 2.05) is 0 Å². The highest BCUT2D eigenvalue weighted by atomic mass is 16.5. The first kappa shape index (κ1) is 6.58. The Labute approximate surface area is 61.1 Å². The van der Waals surface area contributed by atoms with Gasteiger partial charge in [0.05, 0.1) is 12.2 Å². The molecule has 0 amide bonds. The lowest BCUT2D eigenvalue weighted by Gasteiger charge is -2.31. The first-order valence-corrected chi connectivity index (χ1v) is 3.91. The molecule has 0 bridgehead atoms. The molecule has 1 heterocycles. The van der Waals surface area contributed by atoms with Crippen molar-refractivity contribution in [3.63, 3.8) is 0 Å². The van der Waals surface area contributed by atoms with Crippen molar-refractivity contribution in [3.8, 4) is 0 Å². The third kappa shape index (κ3) is 1.05. The van der Waals surface area contributed by atoms with Crippen molar-refractivity contribution in [2.75, 3.05) is 26.4 Å². The lowest BCUT2D eigenvalue weighted by atomic mass is 10.2. The first-order valence-electron chi connectivity index (χ1n) is 3.91. The van der Waals surface area contributed by atoms with Crippen molar-refractivity contribution < 1.29 is 4.74 Å². The lowest BCUT2D eigenvalue weighted by Crippen LogP contribution is -2.46. The molecule has 3 nitrogen and oxygen atoms in total. The Bertz CT molecular complexity index is 134. The third-order valence-electron chi connectivity index (χ3n) is 2.39. The van der Waals surface area contributed by atoms with Crippen LogP contribution in [-0.2, 0) is 4.74 Å². The van der Waals surface area contributed by atoms with Gasteiger partial charge < -0.3 is 10.5 Å². The van der Waals surface area contributed by atoms with E-state index >= 15 is 0 Å². The highest BCUT2D eigenvalue weighted by Gasteiger charge is 2.46. The maximum absolute atomic E-state index is 5.61. The van der Waals surface area contributed by atoms with Crippen LogP contribution >= 0.6 is 0 Å². The van der Waals surface area contributed by atoms with Gasteiger partial charge in [-0.05, 0) is 12.8 Å². The molecule has 1 spiro atoms. The zero-order chi connectivity index (χ0) is 7.03. The molecule has 1 aliphatic heterocycles. The number of rotatable bonds is 1. The molecule has 2 N–H and O–H groups in total. The predicted molar refractivity (Wildman–Crippen MR) is 38.5 cm³/mol. The van der Waals surface area contributed by atoms with Gasteiger partial charge >= 0.3 is 0 Å². The average Bonchev–Trinajstić information content (AvgIpc) is 2.70. The maximum atomic E-state index is 5.61. The highest BCUT2D eigenvalue weighted by molar-refractivity contribution is 4.99. The second-order valence-electron chi connectivity index (χ2n) is 3.27. The van der Waals surface area contributed by atoms with Crippen LogP contribution in [0.15, 0.2) is 0 Å². The quantitative estimate of drug-likeness (QED) is 0.549. The van der Waals surface area contributed by atoms with Gasteiger partial charge in [0.1, 0.15) is 0 Å². The van der Waals surface area contributed by atoms with Crippen LogP contribution in [0, 0.1) is 0 Å². The fraction of sp³-hybridized carbons (Fsp3) is 1.00. The molecular weight excluding hydrogens is 128 g/mol. The fourth-order valence-corrected chi connectivity index (χ4v) is 1.52. The van der Waals surface area contributed by atoms with Gasteiger partial charge in [-0.1, -0.05) is 0 Å². The number of morpholine rings is 1. The van der Waals surface area contributed by atoms with E-state index in [9.17, 15) is 0 Å². The summed E-state index contributed by atoms with van der Waals surface area (Å²) in [5.41, 5.74) is 5.77. The van der Waals surface area contributed by atoms with E-state index in [1.54, 1.807) is 0 Å². The Morgan fingerprint density at radius 1 is 1.50 bits per heavy atom. The van der Waals surface area contributed by atoms with Crippen molar-refractivity contribution in [1.29, 1.82) is 0 Å². The molecule has 0 radical (unpaired) electrons. The van der Waals surface area contributed by atoms with Crippen LogP contribution in [0.2, 0.25) is 0 Å². The average molecular weight is 142 g/mol. The maximum Gasteiger partial charge on any atom is 0.0812 e. The molecule has 3 heteroatoms. The van der Waals surface area contributed by atoms with Crippen molar-refractivity contribution in [3.05, 3.63) is 0 Å². The summed E-state index contributed by atoms with van der Waals surface area (Å²) < 4.78 is 5.61. The molecule has 2 aliphatic rings. The van der Waals surface area contributed by atoms with Crippen LogP contribution in [0.3, 0.4) is 0 Å². The summed E-state index contributed by atoms with van der Waals surface area (Å²) in [6, 6.07) is 0. The standard InChI is InChI=1S/C7H14N2O/c8-6-9-3-4-10-7(5-9)1-2-7/h1-6,8H2. The molecule has 2 fully saturated rings. The zero-order valence-corrected chi connectivity index (χ0v) is 6.18. The summed E-state index contributed by atoms with van der Waals surface area (Å²) in [7, 11) is 0. The van der Waals surface area contributed by atoms with Gasteiger partial charge in [-0.2, -0.15) is 0 Å². The Hall–Kier alpha value is -0.120. The van der Waals surface area contributed by atoms with Gasteiger partial charge in [0.2, 0.25) is 0 Å². The number of hydrogen-bond donors (Lipinski definition) is 1. The molecule has 0 atom stereocenters. The molecule has 1 saturated heterocycles. The third-order valence-corrected chi connectivity index (χ3v) is 2.39. The van der Waals surface area contributed by atoms with E-state index in [2.05, 4.69) is 4.90 Å². The molecule has 1 saturated carbocycles. The molecule has 2 rings (SSSR count). The minimum Gasteiger partial charge on any atom is -0.372 e. The first-order chi connectivity index (χ1) is 4.85. The normalized spacial score (nSPS) is 30.9. The van der Waals surface area contributed by atoms with Crippen LogP contribution in [0.25, 0.3) is 0 Å². The number of nitrogens with zero attached hydrogens (tertiary/aromatic N) is 1. The SMILES string of the molecule is NCN1CCOC2(CC2)C1. The summed E-state index contributed by atoms with van der Waals surface area (Å²) in [5, 5.41) is 0. The van der Waals surface area contributed by atoms with Crippen LogP contribution in [0.1, 0.15) is 12.8 Å². The van der Waals surface area contributed by atoms with Crippen LogP contribution in [-0.4, -0.2) is 36.9 Å². The van der Waals surface area contributed by atoms with Gasteiger partial charge in [-0.15, -0.1) is 0 Å². The predicted octanol–water partition coefficient (Wildman–Crippen LogP) is -0.233. The fourth-order valence-electron chi connectivity index (χ4n) is 1.52. The van der Waals surface area contributed by atoms with Gasteiger partial charge in [-0.25, -0.2) is 0 Å². The minimum atomic E-state index is 0.248. The zero-order valence-electron chi connectivity index (χ0n) is 6.18. The molecule has 10 heavy (non-hydrogen) atoms. The topological polar surface area (TPSA) is 38.5 Å². The van der Waals surface area contributed by atoms with E-state index in [1.165, 1.54) is 12.8 Å². The summed E-state index contributed by atoms with van der Waals surface area (Å²) in [6.07, 6.45) is 2.48. The molecule has 0 unspecified atom stereocenters. The molecule has 58 valence electrons. The molecule has 0 aromatic carbocycles. The Kier molecular flexibility index (Phi) is 1.44. The van der Waals surface area contributed by atoms with Gasteiger partial charge in [0, 0.05) is 19.8 Å². The Morgan fingerprint density at radius 3 is 2.90 bits per heavy atom. The van der Waals surface area contributed by atoms with Gasteiger partial charge in [-0.3, -0.25) is 4.90 Å². The minimum absolute atomic E-state index is 0.248. The van der Waals surface area contributed by atoms with E-state index in [0.717, 1.165) is 19.7 Å². The smallest absolute Gasteiger partial charge is 0.0812 e. The summed E-state index contributed by atoms with van der Waals surface area (Å²) in [4.78, 5) is 2.26. The highest BCUT2D eigenvalue weighted by Crippen LogP contribution is 2.41. The van der Waals surface area contributed by atoms with Gasteiger partial charge in [0.15, 0.2) is 0 Å². The van der Waals surface area contributed by atoms with Crippen molar-refractivity contribution >= 4 is 0 Å². The van der Waals surface area contributed by atoms with Crippen molar-refractivity contribution in [1.82, 2.24) is 4.90 Å². The summed E-state index contributed by atoms with van der Waals surface area (Å²) in [6.45, 7) is 3.63. The largest absolute Gasteiger partial charge is 0.372 e. The lowest BCUT2D eigenvalue weighted by molar-refractivity contribution is -0.0450. The Balaban J connectivity index is 1.91. The van der Waals surface area contributed by atoms with Crippen molar-refractivity contribution in [2.45, 2.75) is 18.4 Å². The second kappa shape index (κ2) is 2.19. The number of hydrogen-bond acceptors (Lipinski definition) is 3. The van der Waals surface area contributed by atoms with Crippen LogP contribution in [0.4, 0.5) is 0 Å². The van der Waals surface area contributed by atoms with Crippen molar-refractivity contribution in [2.24, 2.45) is 5.73 Å². The van der Waals surface area contributed by atoms with Gasteiger partial charge in [0.25, 0.3) is 0 Å². The Morgan fingerprint density at radius 2 is 2.30 bits per heavy atom.